The van der Waals surface area contributed by atoms with Crippen LogP contribution >= 0.6 is 11.8 Å². The molecule has 0 fully saturated rings. The monoisotopic (exact) mass is 543 g/mol. The Balaban J connectivity index is 1.40. The molecule has 200 valence electrons. The summed E-state index contributed by atoms with van der Waals surface area (Å²) < 4.78 is 0. The first-order valence-electron chi connectivity index (χ1n) is 12.4. The molecule has 1 atom stereocenters. The summed E-state index contributed by atoms with van der Waals surface area (Å²) in [5.41, 5.74) is 11.8. The highest BCUT2D eigenvalue weighted by atomic mass is 32.2. The zero-order valence-corrected chi connectivity index (χ0v) is 22.4. The van der Waals surface area contributed by atoms with Gasteiger partial charge in [-0.1, -0.05) is 54.6 Å². The summed E-state index contributed by atoms with van der Waals surface area (Å²) in [6.07, 6.45) is 1.32. The number of fused-ring (bicyclic) bond motifs is 1. The normalized spacial score (nSPS) is 15.4. The van der Waals surface area contributed by atoms with Crippen LogP contribution in [0.5, 0.6) is 0 Å². The number of para-hydroxylation sites is 2. The first-order chi connectivity index (χ1) is 18.7. The quantitative estimate of drug-likeness (QED) is 0.281. The molecule has 1 aliphatic heterocycles. The Bertz CT molecular complexity index is 1560. The summed E-state index contributed by atoms with van der Waals surface area (Å²) in [4.78, 5) is 44.5. The maximum absolute atomic E-state index is 13.7. The summed E-state index contributed by atoms with van der Waals surface area (Å²) in [5.74, 6) is -0.148. The van der Waals surface area contributed by atoms with E-state index in [4.69, 9.17) is 5.73 Å². The number of carbonyl (C=O) groups excluding carboxylic acids is 2. The predicted molar refractivity (Wildman–Crippen MR) is 152 cm³/mol. The average molecular weight is 544 g/mol. The number of H-pyrrole nitrogens is 1. The summed E-state index contributed by atoms with van der Waals surface area (Å²) in [6, 6.07) is 22.5. The molecule has 0 saturated carbocycles. The summed E-state index contributed by atoms with van der Waals surface area (Å²) in [6.45, 7) is 3.56. The van der Waals surface area contributed by atoms with E-state index in [9.17, 15) is 14.4 Å². The van der Waals surface area contributed by atoms with Crippen molar-refractivity contribution in [3.63, 3.8) is 0 Å². The molecule has 1 aliphatic rings. The van der Waals surface area contributed by atoms with E-state index in [2.05, 4.69) is 20.8 Å². The van der Waals surface area contributed by atoms with E-state index in [1.165, 1.54) is 18.1 Å². The number of carbonyl (C=O) groups is 2. The molecule has 0 radical (unpaired) electrons. The molecule has 4 aromatic rings. The van der Waals surface area contributed by atoms with Gasteiger partial charge in [0.05, 0.1) is 23.5 Å². The minimum Gasteiger partial charge on any atom is -0.342 e. The van der Waals surface area contributed by atoms with Gasteiger partial charge in [-0.2, -0.15) is 0 Å². The summed E-state index contributed by atoms with van der Waals surface area (Å²) in [5, 5.41) is 6.80. The number of nitrogens with one attached hydrogen (secondary N) is 3. The van der Waals surface area contributed by atoms with Gasteiger partial charge in [-0.15, -0.1) is 21.7 Å². The molecule has 0 aliphatic carbocycles. The zero-order valence-electron chi connectivity index (χ0n) is 21.5. The van der Waals surface area contributed by atoms with Gasteiger partial charge < -0.3 is 16.0 Å². The number of thioether (sulfide) groups is 1. The van der Waals surface area contributed by atoms with Crippen molar-refractivity contribution in [1.29, 1.82) is 0 Å². The highest BCUT2D eigenvalue weighted by Crippen LogP contribution is 2.35. The second-order valence-corrected chi connectivity index (χ2v) is 10.9. The molecular weight excluding hydrogens is 514 g/mol. The SMILES string of the molecule is CC(C)(N)C(=O)N[C@@H]1CSc2ccccc2N(Cc2ccc(-c3ccccc3Nn3nc[nH]c3=O)cc2)C1=O. The number of amides is 2. The van der Waals surface area contributed by atoms with Crippen LogP contribution in [0.2, 0.25) is 0 Å². The van der Waals surface area contributed by atoms with Gasteiger partial charge >= 0.3 is 5.69 Å². The largest absolute Gasteiger partial charge is 0.362 e. The van der Waals surface area contributed by atoms with Crippen molar-refractivity contribution >= 4 is 35.0 Å². The van der Waals surface area contributed by atoms with Crippen molar-refractivity contribution in [2.75, 3.05) is 16.1 Å². The molecule has 11 heteroatoms. The van der Waals surface area contributed by atoms with Crippen molar-refractivity contribution in [3.05, 3.63) is 95.2 Å². The van der Waals surface area contributed by atoms with Gasteiger partial charge in [-0.05, 0) is 43.2 Å². The van der Waals surface area contributed by atoms with Gasteiger partial charge in [-0.25, -0.2) is 4.79 Å². The van der Waals surface area contributed by atoms with E-state index < -0.39 is 11.6 Å². The van der Waals surface area contributed by atoms with E-state index in [1.54, 1.807) is 18.7 Å². The van der Waals surface area contributed by atoms with Crippen LogP contribution in [-0.4, -0.2) is 44.0 Å². The summed E-state index contributed by atoms with van der Waals surface area (Å²) >= 11 is 1.54. The number of aromatic amines is 1. The fourth-order valence-electron chi connectivity index (χ4n) is 4.22. The van der Waals surface area contributed by atoms with Gasteiger partial charge in [0.25, 0.3) is 5.91 Å². The molecule has 0 unspecified atom stereocenters. The van der Waals surface area contributed by atoms with E-state index in [-0.39, 0.29) is 17.5 Å². The van der Waals surface area contributed by atoms with Crippen molar-refractivity contribution in [1.82, 2.24) is 20.2 Å². The number of benzene rings is 3. The average Bonchev–Trinajstić information content (AvgIpc) is 3.28. The maximum Gasteiger partial charge on any atom is 0.362 e. The first-order valence-corrected chi connectivity index (χ1v) is 13.4. The molecule has 0 bridgehead atoms. The van der Waals surface area contributed by atoms with Gasteiger partial charge in [0.15, 0.2) is 0 Å². The van der Waals surface area contributed by atoms with E-state index in [1.807, 2.05) is 72.8 Å². The topological polar surface area (TPSA) is 138 Å². The molecule has 5 rings (SSSR count). The Labute approximate surface area is 229 Å². The number of aromatic nitrogens is 3. The van der Waals surface area contributed by atoms with E-state index in [0.717, 1.165) is 37.8 Å². The van der Waals surface area contributed by atoms with Crippen LogP contribution in [0.1, 0.15) is 19.4 Å². The van der Waals surface area contributed by atoms with Gasteiger partial charge in [-0.3, -0.25) is 20.0 Å². The lowest BCUT2D eigenvalue weighted by atomic mass is 10.0. The van der Waals surface area contributed by atoms with Crippen LogP contribution in [-0.2, 0) is 16.1 Å². The number of hydrogen-bond acceptors (Lipinski definition) is 7. The van der Waals surface area contributed by atoms with Gasteiger partial charge in [0, 0.05) is 16.2 Å². The van der Waals surface area contributed by atoms with Crippen molar-refractivity contribution in [3.8, 4) is 11.1 Å². The third-order valence-corrected chi connectivity index (χ3v) is 7.49. The number of nitrogens with zero attached hydrogens (tertiary/aromatic N) is 3. The third kappa shape index (κ3) is 5.74. The molecule has 2 amide bonds. The standard InChI is InChI=1S/C28H29N7O3S/c1-28(2,29)26(37)32-22-16-39-24-10-6-5-9-23(24)34(25(22)36)15-18-11-13-19(14-12-18)20-7-3-4-8-21(20)33-35-27(38)30-17-31-35/h3-14,17,22,33H,15-16,29H2,1-2H3,(H,32,37)(H,30,31,38)/t22-/m1/s1. The minimum atomic E-state index is -1.10. The molecule has 5 N–H and O–H groups in total. The molecule has 0 spiro atoms. The first kappa shape index (κ1) is 26.3. The molecule has 2 heterocycles. The van der Waals surface area contributed by atoms with E-state index >= 15 is 0 Å². The highest BCUT2D eigenvalue weighted by molar-refractivity contribution is 7.99. The number of anilines is 2. The minimum absolute atomic E-state index is 0.187. The molecule has 0 saturated heterocycles. The second kappa shape index (κ2) is 10.8. The Hall–Kier alpha value is -4.35. The van der Waals surface area contributed by atoms with Crippen LogP contribution in [0, 0.1) is 0 Å². The van der Waals surface area contributed by atoms with Gasteiger partial charge in [0.1, 0.15) is 12.4 Å². The highest BCUT2D eigenvalue weighted by Gasteiger charge is 2.34. The van der Waals surface area contributed by atoms with Gasteiger partial charge in [0.2, 0.25) is 5.91 Å². The number of hydrogen-bond donors (Lipinski definition) is 4. The predicted octanol–water partition coefficient (Wildman–Crippen LogP) is 2.97. The zero-order chi connectivity index (χ0) is 27.6. The Morgan fingerprint density at radius 2 is 1.79 bits per heavy atom. The van der Waals surface area contributed by atoms with Crippen LogP contribution in [0.4, 0.5) is 11.4 Å². The Kier molecular flexibility index (Phi) is 7.27. The van der Waals surface area contributed by atoms with Crippen molar-refractivity contribution < 1.29 is 9.59 Å². The smallest absolute Gasteiger partial charge is 0.342 e. The van der Waals surface area contributed by atoms with Crippen molar-refractivity contribution in [2.24, 2.45) is 5.73 Å². The molecule has 10 nitrogen and oxygen atoms in total. The fourth-order valence-corrected chi connectivity index (χ4v) is 5.29. The number of rotatable bonds is 7. The summed E-state index contributed by atoms with van der Waals surface area (Å²) in [7, 11) is 0. The molecule has 1 aromatic heterocycles. The fraction of sp³-hybridized carbons (Fsp3) is 0.214. The van der Waals surface area contributed by atoms with Crippen LogP contribution < -0.4 is 27.1 Å². The lowest BCUT2D eigenvalue weighted by Crippen LogP contribution is -2.56. The second-order valence-electron chi connectivity index (χ2n) is 9.81. The lowest BCUT2D eigenvalue weighted by Gasteiger charge is -2.28. The lowest BCUT2D eigenvalue weighted by molar-refractivity contribution is -0.129. The Morgan fingerprint density at radius 1 is 1.08 bits per heavy atom. The molecule has 39 heavy (non-hydrogen) atoms. The van der Waals surface area contributed by atoms with Crippen LogP contribution in [0.15, 0.2) is 88.8 Å². The Morgan fingerprint density at radius 3 is 2.51 bits per heavy atom. The van der Waals surface area contributed by atoms with Crippen molar-refractivity contribution in [2.45, 2.75) is 36.9 Å². The van der Waals surface area contributed by atoms with E-state index in [0.29, 0.717) is 12.3 Å². The van der Waals surface area contributed by atoms with Crippen LogP contribution in [0.3, 0.4) is 0 Å². The van der Waals surface area contributed by atoms with Crippen LogP contribution in [0.25, 0.3) is 11.1 Å². The number of nitrogens with two attached hydrogens (primary N) is 1. The maximum atomic E-state index is 13.7. The third-order valence-electron chi connectivity index (χ3n) is 6.33. The molecular formula is C28H29N7O3S. The molecule has 3 aromatic carbocycles.